The maximum absolute atomic E-state index is 11.3. The Morgan fingerprint density at radius 1 is 1.28 bits per heavy atom. The van der Waals surface area contributed by atoms with Crippen LogP contribution in [0.4, 0.5) is 0 Å². The van der Waals surface area contributed by atoms with Crippen molar-refractivity contribution in [3.63, 3.8) is 0 Å². The van der Waals surface area contributed by atoms with Crippen LogP contribution in [0.5, 0.6) is 5.75 Å². The molecule has 1 N–H and O–H groups in total. The Morgan fingerprint density at radius 2 is 2.00 bits per heavy atom. The Balaban J connectivity index is 2.81. The maximum atomic E-state index is 11.3. The molecule has 2 aromatic rings. The molecule has 1 heterocycles. The van der Waals surface area contributed by atoms with E-state index in [1.807, 2.05) is 13.0 Å². The van der Waals surface area contributed by atoms with Crippen molar-refractivity contribution in [1.82, 2.24) is 0 Å². The molecule has 0 amide bonds. The van der Waals surface area contributed by atoms with Gasteiger partial charge in [-0.25, -0.2) is 0 Å². The summed E-state index contributed by atoms with van der Waals surface area (Å²) < 4.78 is 38.4. The number of ether oxygens (including phenoxy) is 1. The van der Waals surface area contributed by atoms with Crippen molar-refractivity contribution in [3.8, 4) is 5.75 Å². The molecule has 0 aliphatic heterocycles. The summed E-state index contributed by atoms with van der Waals surface area (Å²) in [6.45, 7) is 2.26. The van der Waals surface area contributed by atoms with Crippen LogP contribution in [0.25, 0.3) is 10.9 Å². The Bertz CT molecular complexity index is 695. The molecule has 0 unspecified atom stereocenters. The predicted molar refractivity (Wildman–Crippen MR) is 66.2 cm³/mol. The summed E-state index contributed by atoms with van der Waals surface area (Å²) in [6, 6.07) is 8.37. The Labute approximate surface area is 105 Å². The van der Waals surface area contributed by atoms with Gasteiger partial charge in [0.05, 0.1) is 12.5 Å². The van der Waals surface area contributed by atoms with Crippen LogP contribution in [0.15, 0.2) is 35.4 Å². The molecule has 1 aromatic carbocycles. The molecule has 0 radical (unpaired) electrons. The molecule has 5 nitrogen and oxygen atoms in total. The van der Waals surface area contributed by atoms with E-state index >= 15 is 0 Å². The Kier molecular flexibility index (Phi) is 3.23. The van der Waals surface area contributed by atoms with Gasteiger partial charge < -0.3 is 4.74 Å². The van der Waals surface area contributed by atoms with E-state index in [4.69, 9.17) is 4.74 Å². The minimum Gasteiger partial charge on any atom is -0.497 e. The summed E-state index contributed by atoms with van der Waals surface area (Å²) in [5, 5.41) is 0.742. The number of aromatic nitrogens is 1. The number of hydrogen-bond donors (Lipinski definition) is 1. The first-order chi connectivity index (χ1) is 8.47. The first-order valence-electron chi connectivity index (χ1n) is 5.45. The molecule has 0 fully saturated rings. The van der Waals surface area contributed by atoms with Gasteiger partial charge in [-0.05, 0) is 25.1 Å². The monoisotopic (exact) mass is 268 g/mol. The average molecular weight is 268 g/mol. The summed E-state index contributed by atoms with van der Waals surface area (Å²) in [5.74, 6) is 0.699. The summed E-state index contributed by atoms with van der Waals surface area (Å²) >= 11 is 0. The van der Waals surface area contributed by atoms with Gasteiger partial charge in [0.1, 0.15) is 12.3 Å². The molecule has 96 valence electrons. The number of hydrogen-bond acceptors (Lipinski definition) is 3. The van der Waals surface area contributed by atoms with E-state index in [1.54, 1.807) is 29.9 Å². The zero-order valence-corrected chi connectivity index (χ0v) is 10.9. The van der Waals surface area contributed by atoms with E-state index in [2.05, 4.69) is 0 Å². The fraction of sp³-hybridized carbons (Fsp3) is 0.250. The smallest absolute Gasteiger partial charge is 0.355 e. The normalized spacial score (nSPS) is 11.7. The van der Waals surface area contributed by atoms with Crippen LogP contribution in [0, 0.1) is 0 Å². The van der Waals surface area contributed by atoms with Crippen LogP contribution in [0.2, 0.25) is 0 Å². The van der Waals surface area contributed by atoms with E-state index in [0.29, 0.717) is 12.3 Å². The van der Waals surface area contributed by atoms with Crippen molar-refractivity contribution in [2.45, 2.75) is 18.5 Å². The van der Waals surface area contributed by atoms with Gasteiger partial charge in [-0.3, -0.25) is 4.55 Å². The number of aryl methyl sites for hydroxylation is 1. The molecule has 6 heteroatoms. The van der Waals surface area contributed by atoms with E-state index in [0.717, 1.165) is 10.9 Å². The maximum Gasteiger partial charge on any atom is 0.355 e. The summed E-state index contributed by atoms with van der Waals surface area (Å²) in [4.78, 5) is 0. The molecule has 2 rings (SSSR count). The molecule has 18 heavy (non-hydrogen) atoms. The highest BCUT2D eigenvalue weighted by atomic mass is 32.2. The zero-order chi connectivity index (χ0) is 13.3. The zero-order valence-electron chi connectivity index (χ0n) is 10.1. The molecular weight excluding hydrogens is 254 g/mol. The van der Waals surface area contributed by atoms with Crippen LogP contribution in [0.3, 0.4) is 0 Å². The van der Waals surface area contributed by atoms with Crippen LogP contribution in [-0.2, 0) is 16.7 Å². The first-order valence-corrected chi connectivity index (χ1v) is 6.89. The van der Waals surface area contributed by atoms with Crippen LogP contribution >= 0.6 is 0 Å². The lowest BCUT2D eigenvalue weighted by atomic mass is 10.2. The highest BCUT2D eigenvalue weighted by molar-refractivity contribution is 7.85. The third-order valence-corrected chi connectivity index (χ3v) is 3.66. The van der Waals surface area contributed by atoms with Gasteiger partial charge in [0, 0.05) is 12.1 Å². The minimum absolute atomic E-state index is 0.109. The quantitative estimate of drug-likeness (QED) is 0.675. The summed E-state index contributed by atoms with van der Waals surface area (Å²) in [7, 11) is -2.65. The number of methoxy groups -OCH3 is 1. The second-order valence-electron chi connectivity index (χ2n) is 3.82. The average Bonchev–Trinajstić information content (AvgIpc) is 2.35. The number of pyridine rings is 1. The van der Waals surface area contributed by atoms with Gasteiger partial charge in [0.2, 0.25) is 5.52 Å². The van der Waals surface area contributed by atoms with Crippen molar-refractivity contribution >= 4 is 21.0 Å². The van der Waals surface area contributed by atoms with Gasteiger partial charge in [-0.1, -0.05) is 0 Å². The van der Waals surface area contributed by atoms with Crippen molar-refractivity contribution in [1.29, 1.82) is 0 Å². The van der Waals surface area contributed by atoms with Gasteiger partial charge in [-0.2, -0.15) is 13.0 Å². The molecule has 0 bridgehead atoms. The summed E-state index contributed by atoms with van der Waals surface area (Å²) in [6.07, 6.45) is 0. The third-order valence-electron chi connectivity index (χ3n) is 2.78. The lowest BCUT2D eigenvalue weighted by Gasteiger charge is -2.05. The fourth-order valence-corrected chi connectivity index (χ4v) is 2.71. The molecule has 0 atom stereocenters. The molecular formula is C12H14NO4S+. The molecule has 0 aliphatic rings. The van der Waals surface area contributed by atoms with E-state index in [9.17, 15) is 13.0 Å². The molecule has 1 aromatic heterocycles. The Morgan fingerprint density at radius 3 is 2.56 bits per heavy atom. The largest absolute Gasteiger partial charge is 0.497 e. The third kappa shape index (κ3) is 2.16. The predicted octanol–water partition coefficient (Wildman–Crippen LogP) is 1.40. The highest BCUT2D eigenvalue weighted by Gasteiger charge is 2.24. The van der Waals surface area contributed by atoms with Crippen molar-refractivity contribution in [2.24, 2.45) is 0 Å². The number of fused-ring (bicyclic) bond motifs is 1. The lowest BCUT2D eigenvalue weighted by molar-refractivity contribution is -0.706. The fourth-order valence-electron chi connectivity index (χ4n) is 1.96. The van der Waals surface area contributed by atoms with Crippen LogP contribution in [0.1, 0.15) is 6.92 Å². The second kappa shape index (κ2) is 4.55. The van der Waals surface area contributed by atoms with Gasteiger partial charge >= 0.3 is 15.1 Å². The molecule has 0 saturated heterocycles. The van der Waals surface area contributed by atoms with E-state index < -0.39 is 10.1 Å². The van der Waals surface area contributed by atoms with Crippen molar-refractivity contribution < 1.29 is 22.3 Å². The standard InChI is InChI=1S/C12H13NO4S/c1-3-13-11-6-5-10(17-2)8-9(11)4-7-12(13)18(14,15)16/h4-8H,3H2,1-2H3/p+1. The van der Waals surface area contributed by atoms with E-state index in [-0.39, 0.29) is 5.03 Å². The van der Waals surface area contributed by atoms with Gasteiger partial charge in [0.15, 0.2) is 0 Å². The van der Waals surface area contributed by atoms with Crippen LogP contribution in [-0.4, -0.2) is 20.1 Å². The van der Waals surface area contributed by atoms with Gasteiger partial charge in [-0.15, -0.1) is 0 Å². The van der Waals surface area contributed by atoms with Crippen molar-refractivity contribution in [3.05, 3.63) is 30.3 Å². The SMILES string of the molecule is CC[n+]1c(S(=O)(=O)O)ccc2cc(OC)ccc21. The number of benzene rings is 1. The minimum atomic E-state index is -4.22. The molecule has 0 saturated carbocycles. The van der Waals surface area contributed by atoms with Crippen molar-refractivity contribution in [2.75, 3.05) is 7.11 Å². The topological polar surface area (TPSA) is 67.5 Å². The molecule has 0 aliphatic carbocycles. The highest BCUT2D eigenvalue weighted by Crippen LogP contribution is 2.19. The van der Waals surface area contributed by atoms with E-state index in [1.165, 1.54) is 6.07 Å². The van der Waals surface area contributed by atoms with Gasteiger partial charge in [0.25, 0.3) is 0 Å². The summed E-state index contributed by atoms with van der Waals surface area (Å²) in [5.41, 5.74) is 0.730. The lowest BCUT2D eigenvalue weighted by Crippen LogP contribution is -2.39. The molecule has 0 spiro atoms. The number of rotatable bonds is 3. The number of nitrogens with zero attached hydrogens (tertiary/aromatic N) is 1. The van der Waals surface area contributed by atoms with Crippen LogP contribution < -0.4 is 9.30 Å². The Hall–Kier alpha value is -1.66. The first kappa shape index (κ1) is 12.8. The second-order valence-corrected chi connectivity index (χ2v) is 5.18.